The van der Waals surface area contributed by atoms with E-state index in [1.54, 1.807) is 13.0 Å². The van der Waals surface area contributed by atoms with Crippen molar-refractivity contribution in [2.75, 3.05) is 33.4 Å². The van der Waals surface area contributed by atoms with Crippen molar-refractivity contribution in [2.24, 2.45) is 0 Å². The molecule has 1 saturated carbocycles. The third-order valence-corrected chi connectivity index (χ3v) is 8.11. The van der Waals surface area contributed by atoms with Crippen LogP contribution in [0.2, 0.25) is 0 Å². The summed E-state index contributed by atoms with van der Waals surface area (Å²) < 4.78 is 55.4. The zero-order valence-electron chi connectivity index (χ0n) is 19.4. The van der Waals surface area contributed by atoms with E-state index in [-0.39, 0.29) is 32.6 Å². The minimum atomic E-state index is -4.29. The topological polar surface area (TPSA) is 108 Å². The Kier molecular flexibility index (Phi) is 6.41. The number of benzene rings is 1. The molecule has 9 nitrogen and oxygen atoms in total. The van der Waals surface area contributed by atoms with Gasteiger partial charge >= 0.3 is 10.1 Å². The van der Waals surface area contributed by atoms with E-state index in [1.165, 1.54) is 13.4 Å². The molecule has 1 saturated heterocycles. The Morgan fingerprint density at radius 2 is 1.85 bits per heavy atom. The second kappa shape index (κ2) is 9.33. The number of rotatable bonds is 6. The first-order valence-corrected chi connectivity index (χ1v) is 13.1. The number of nitrogens with zero attached hydrogens (tertiary/aromatic N) is 1. The summed E-state index contributed by atoms with van der Waals surface area (Å²) in [4.78, 5) is 15.6. The van der Waals surface area contributed by atoms with Crippen molar-refractivity contribution in [1.82, 2.24) is 4.90 Å². The third kappa shape index (κ3) is 4.13. The minimum Gasteiger partial charge on any atom is -0.495 e. The van der Waals surface area contributed by atoms with E-state index in [9.17, 15) is 13.2 Å². The SMILES string of the molecule is COc1c2ccoc2c(S(=O)(=O)OC2CCCCC2)c2oc(C)c(CN3CCOCC3)c(=O)c12. The highest BCUT2D eigenvalue weighted by Crippen LogP contribution is 2.41. The lowest BCUT2D eigenvalue weighted by atomic mass is 9.98. The Balaban J connectivity index is 1.72. The van der Waals surface area contributed by atoms with Gasteiger partial charge in [-0.1, -0.05) is 19.3 Å². The fraction of sp³-hybridized carbons (Fsp3) is 0.542. The van der Waals surface area contributed by atoms with Crippen LogP contribution in [0, 0.1) is 6.92 Å². The monoisotopic (exact) mass is 491 g/mol. The van der Waals surface area contributed by atoms with Crippen molar-refractivity contribution in [3.8, 4) is 5.75 Å². The predicted molar refractivity (Wildman–Crippen MR) is 125 cm³/mol. The molecule has 0 amide bonds. The van der Waals surface area contributed by atoms with E-state index in [0.717, 1.165) is 19.3 Å². The van der Waals surface area contributed by atoms with Crippen LogP contribution in [0.4, 0.5) is 0 Å². The average Bonchev–Trinajstić information content (AvgIpc) is 3.30. The Labute approximate surface area is 197 Å². The minimum absolute atomic E-state index is 0.0589. The fourth-order valence-electron chi connectivity index (χ4n) is 4.94. The largest absolute Gasteiger partial charge is 0.495 e. The summed E-state index contributed by atoms with van der Waals surface area (Å²) in [5, 5.41) is 0.463. The maximum Gasteiger partial charge on any atom is 0.304 e. The molecule has 10 heteroatoms. The Morgan fingerprint density at radius 3 is 2.56 bits per heavy atom. The Morgan fingerprint density at radius 1 is 1.12 bits per heavy atom. The first kappa shape index (κ1) is 23.3. The van der Waals surface area contributed by atoms with Gasteiger partial charge in [0.1, 0.15) is 16.9 Å². The number of morpholine rings is 1. The second-order valence-corrected chi connectivity index (χ2v) is 10.4. The first-order chi connectivity index (χ1) is 16.4. The van der Waals surface area contributed by atoms with Gasteiger partial charge < -0.3 is 18.3 Å². The second-order valence-electron chi connectivity index (χ2n) is 8.89. The molecule has 1 aliphatic heterocycles. The molecule has 0 bridgehead atoms. The van der Waals surface area contributed by atoms with Gasteiger partial charge in [-0.15, -0.1) is 0 Å². The van der Waals surface area contributed by atoms with Crippen LogP contribution < -0.4 is 10.2 Å². The van der Waals surface area contributed by atoms with Crippen molar-refractivity contribution >= 4 is 32.1 Å². The molecule has 1 aromatic carbocycles. The molecule has 0 atom stereocenters. The summed E-state index contributed by atoms with van der Waals surface area (Å²) in [6, 6.07) is 1.59. The van der Waals surface area contributed by atoms with Crippen molar-refractivity contribution in [3.05, 3.63) is 33.9 Å². The summed E-state index contributed by atoms with van der Waals surface area (Å²) in [5.41, 5.74) is 0.110. The lowest BCUT2D eigenvalue weighted by Gasteiger charge is -2.26. The number of furan rings is 1. The molecular weight excluding hydrogens is 462 g/mol. The first-order valence-electron chi connectivity index (χ1n) is 11.7. The molecule has 3 heterocycles. The molecule has 0 unspecified atom stereocenters. The van der Waals surface area contributed by atoms with Gasteiger partial charge in [-0.2, -0.15) is 8.42 Å². The smallest absolute Gasteiger partial charge is 0.304 e. The zero-order valence-corrected chi connectivity index (χ0v) is 20.2. The van der Waals surface area contributed by atoms with E-state index in [4.69, 9.17) is 22.5 Å². The summed E-state index contributed by atoms with van der Waals surface area (Å²) in [6.07, 6.45) is 5.19. The molecule has 0 N–H and O–H groups in total. The number of hydrogen-bond acceptors (Lipinski definition) is 9. The highest BCUT2D eigenvalue weighted by atomic mass is 32.2. The molecule has 184 valence electrons. The van der Waals surface area contributed by atoms with E-state index in [1.807, 2.05) is 0 Å². The van der Waals surface area contributed by atoms with Crippen molar-refractivity contribution in [3.63, 3.8) is 0 Å². The van der Waals surface area contributed by atoms with Crippen LogP contribution in [0.25, 0.3) is 21.9 Å². The zero-order chi connectivity index (χ0) is 23.9. The molecule has 34 heavy (non-hydrogen) atoms. The fourth-order valence-corrected chi connectivity index (χ4v) is 6.34. The van der Waals surface area contributed by atoms with E-state index >= 15 is 0 Å². The van der Waals surface area contributed by atoms with E-state index in [0.29, 0.717) is 62.4 Å². The lowest BCUT2D eigenvalue weighted by molar-refractivity contribution is 0.0337. The van der Waals surface area contributed by atoms with Crippen LogP contribution in [0.1, 0.15) is 43.4 Å². The number of fused-ring (bicyclic) bond motifs is 2. The molecule has 2 aliphatic rings. The Bertz CT molecular complexity index is 1360. The number of hydrogen-bond donors (Lipinski definition) is 0. The highest BCUT2D eigenvalue weighted by molar-refractivity contribution is 7.87. The molecule has 2 fully saturated rings. The van der Waals surface area contributed by atoms with Gasteiger partial charge in [0.2, 0.25) is 5.43 Å². The van der Waals surface area contributed by atoms with Gasteiger partial charge in [-0.3, -0.25) is 13.9 Å². The number of aryl methyl sites for hydroxylation is 1. The predicted octanol–water partition coefficient (Wildman–Crippen LogP) is 3.73. The van der Waals surface area contributed by atoms with Crippen LogP contribution >= 0.6 is 0 Å². The summed E-state index contributed by atoms with van der Waals surface area (Å²) >= 11 is 0. The standard InChI is InChI=1S/C24H29NO8S/c1-15-18(14-25-9-12-30-13-10-25)20(26)19-21(29-2)17-8-11-31-22(17)24(23(19)32-15)34(27,28)33-16-6-4-3-5-7-16/h8,11,16H,3-7,9-10,12-14H2,1-2H3. The normalized spacial score (nSPS) is 18.6. The third-order valence-electron chi connectivity index (χ3n) is 6.71. The maximum absolute atomic E-state index is 13.8. The molecule has 3 aromatic rings. The molecule has 5 rings (SSSR count). The van der Waals surface area contributed by atoms with Crippen molar-refractivity contribution in [1.29, 1.82) is 0 Å². The van der Waals surface area contributed by atoms with Gasteiger partial charge in [0, 0.05) is 19.6 Å². The molecule has 0 spiro atoms. The highest BCUT2D eigenvalue weighted by Gasteiger charge is 2.34. The van der Waals surface area contributed by atoms with Gasteiger partial charge in [0.15, 0.2) is 16.1 Å². The van der Waals surface area contributed by atoms with Crippen molar-refractivity contribution < 1.29 is 30.9 Å². The molecular formula is C24H29NO8S. The number of methoxy groups -OCH3 is 1. The van der Waals surface area contributed by atoms with Crippen LogP contribution in [-0.2, 0) is 25.6 Å². The van der Waals surface area contributed by atoms with Crippen LogP contribution in [0.15, 0.2) is 30.9 Å². The van der Waals surface area contributed by atoms with Gasteiger partial charge in [0.05, 0.1) is 43.6 Å². The van der Waals surface area contributed by atoms with Crippen molar-refractivity contribution in [2.45, 2.75) is 56.6 Å². The van der Waals surface area contributed by atoms with Gasteiger partial charge in [-0.05, 0) is 25.8 Å². The maximum atomic E-state index is 13.8. The summed E-state index contributed by atoms with van der Waals surface area (Å²) in [7, 11) is -2.85. The molecule has 0 radical (unpaired) electrons. The van der Waals surface area contributed by atoms with Crippen LogP contribution in [-0.4, -0.2) is 52.8 Å². The van der Waals surface area contributed by atoms with Crippen LogP contribution in [0.3, 0.4) is 0 Å². The quantitative estimate of drug-likeness (QED) is 0.477. The van der Waals surface area contributed by atoms with Gasteiger partial charge in [0.25, 0.3) is 0 Å². The van der Waals surface area contributed by atoms with E-state index < -0.39 is 16.2 Å². The average molecular weight is 492 g/mol. The molecule has 2 aromatic heterocycles. The van der Waals surface area contributed by atoms with Crippen LogP contribution in [0.5, 0.6) is 5.75 Å². The number of ether oxygens (including phenoxy) is 2. The summed E-state index contributed by atoms with van der Waals surface area (Å²) in [5.74, 6) is 0.582. The Hall–Kier alpha value is -2.40. The van der Waals surface area contributed by atoms with Gasteiger partial charge in [-0.25, -0.2) is 0 Å². The lowest BCUT2D eigenvalue weighted by Crippen LogP contribution is -2.37. The summed E-state index contributed by atoms with van der Waals surface area (Å²) in [6.45, 7) is 4.64. The molecule has 1 aliphatic carbocycles. The van der Waals surface area contributed by atoms with E-state index in [2.05, 4.69) is 4.90 Å².